The lowest BCUT2D eigenvalue weighted by Crippen LogP contribution is -2.29. The molecule has 1 fully saturated rings. The number of fused-ring (bicyclic) bond motifs is 1. The smallest absolute Gasteiger partial charge is 0.228 e. The fraction of sp³-hybridized carbons (Fsp3) is 0.467. The summed E-state index contributed by atoms with van der Waals surface area (Å²) < 4.78 is 10.8. The molecule has 22 heavy (non-hydrogen) atoms. The summed E-state index contributed by atoms with van der Waals surface area (Å²) >= 11 is 0. The Bertz CT molecular complexity index is 669. The van der Waals surface area contributed by atoms with E-state index in [0.29, 0.717) is 28.8 Å². The van der Waals surface area contributed by atoms with E-state index in [0.717, 1.165) is 38.0 Å². The predicted molar refractivity (Wildman–Crippen MR) is 86.8 cm³/mol. The fourth-order valence-corrected chi connectivity index (χ4v) is 2.71. The van der Waals surface area contributed by atoms with Crippen LogP contribution < -0.4 is 25.4 Å². The average Bonchev–Trinajstić information content (AvgIpc) is 2.82. The molecule has 1 aliphatic heterocycles. The van der Waals surface area contributed by atoms with Crippen molar-refractivity contribution in [3.63, 3.8) is 0 Å². The molecule has 2 aromatic rings. The number of anilines is 2. The second kappa shape index (κ2) is 6.23. The van der Waals surface area contributed by atoms with Crippen LogP contribution in [0.2, 0.25) is 0 Å². The summed E-state index contributed by atoms with van der Waals surface area (Å²) in [6, 6.07) is 3.68. The number of methoxy groups -OCH3 is 2. The van der Waals surface area contributed by atoms with Crippen molar-refractivity contribution in [2.75, 3.05) is 51.0 Å². The zero-order valence-electron chi connectivity index (χ0n) is 12.9. The van der Waals surface area contributed by atoms with E-state index < -0.39 is 0 Å². The summed E-state index contributed by atoms with van der Waals surface area (Å²) in [5.41, 5.74) is 6.81. The molecule has 1 saturated heterocycles. The first-order chi connectivity index (χ1) is 10.7. The van der Waals surface area contributed by atoms with Crippen molar-refractivity contribution >= 4 is 22.7 Å². The number of benzene rings is 1. The van der Waals surface area contributed by atoms with Gasteiger partial charge in [-0.1, -0.05) is 0 Å². The molecule has 118 valence electrons. The van der Waals surface area contributed by atoms with Crippen molar-refractivity contribution in [1.29, 1.82) is 0 Å². The third-order valence-electron chi connectivity index (χ3n) is 3.85. The van der Waals surface area contributed by atoms with Crippen LogP contribution in [0.1, 0.15) is 6.42 Å². The fourth-order valence-electron chi connectivity index (χ4n) is 2.71. The van der Waals surface area contributed by atoms with E-state index in [9.17, 15) is 0 Å². The number of hydrogen-bond acceptors (Lipinski definition) is 7. The normalized spacial score (nSPS) is 15.6. The van der Waals surface area contributed by atoms with Gasteiger partial charge in [-0.25, -0.2) is 4.98 Å². The second-order valence-corrected chi connectivity index (χ2v) is 5.20. The number of rotatable bonds is 3. The molecule has 0 aliphatic carbocycles. The van der Waals surface area contributed by atoms with Crippen LogP contribution in [0.15, 0.2) is 12.1 Å². The average molecular weight is 303 g/mol. The number of nitrogen functional groups attached to an aromatic ring is 1. The largest absolute Gasteiger partial charge is 0.493 e. The maximum atomic E-state index is 6.13. The van der Waals surface area contributed by atoms with Gasteiger partial charge in [0.05, 0.1) is 14.2 Å². The van der Waals surface area contributed by atoms with Gasteiger partial charge in [-0.05, 0) is 25.1 Å². The molecule has 0 amide bonds. The van der Waals surface area contributed by atoms with Gasteiger partial charge in [0.2, 0.25) is 5.95 Å². The highest BCUT2D eigenvalue weighted by Crippen LogP contribution is 2.36. The molecule has 0 saturated carbocycles. The zero-order valence-corrected chi connectivity index (χ0v) is 12.9. The highest BCUT2D eigenvalue weighted by Gasteiger charge is 2.18. The monoisotopic (exact) mass is 303 g/mol. The van der Waals surface area contributed by atoms with Crippen molar-refractivity contribution in [2.24, 2.45) is 0 Å². The van der Waals surface area contributed by atoms with Crippen LogP contribution in [0, 0.1) is 0 Å². The number of ether oxygens (including phenoxy) is 2. The van der Waals surface area contributed by atoms with Crippen LogP contribution in [0.4, 0.5) is 11.8 Å². The SMILES string of the molecule is COc1ccc2c(N)nc(N3CCCNCC3)nc2c1OC. The van der Waals surface area contributed by atoms with Crippen molar-refractivity contribution in [2.45, 2.75) is 6.42 Å². The van der Waals surface area contributed by atoms with Gasteiger partial charge in [0, 0.05) is 25.0 Å². The van der Waals surface area contributed by atoms with Crippen LogP contribution >= 0.6 is 0 Å². The quantitative estimate of drug-likeness (QED) is 0.876. The third-order valence-corrected chi connectivity index (χ3v) is 3.85. The Balaban J connectivity index is 2.12. The van der Waals surface area contributed by atoms with Gasteiger partial charge >= 0.3 is 0 Å². The van der Waals surface area contributed by atoms with Crippen LogP contribution in [-0.2, 0) is 0 Å². The Labute approximate surface area is 129 Å². The Morgan fingerprint density at radius 3 is 2.77 bits per heavy atom. The van der Waals surface area contributed by atoms with Gasteiger partial charge in [-0.2, -0.15) is 4.98 Å². The molecule has 7 nitrogen and oxygen atoms in total. The highest BCUT2D eigenvalue weighted by molar-refractivity contribution is 5.95. The maximum absolute atomic E-state index is 6.13. The van der Waals surface area contributed by atoms with Gasteiger partial charge in [0.1, 0.15) is 11.3 Å². The number of nitrogens with two attached hydrogens (primary N) is 1. The Kier molecular flexibility index (Phi) is 4.15. The summed E-state index contributed by atoms with van der Waals surface area (Å²) in [5.74, 6) is 2.32. The van der Waals surface area contributed by atoms with E-state index in [-0.39, 0.29) is 0 Å². The van der Waals surface area contributed by atoms with Gasteiger partial charge in [0.25, 0.3) is 0 Å². The molecule has 0 bridgehead atoms. The topological polar surface area (TPSA) is 85.5 Å². The molecular formula is C15H21N5O2. The standard InChI is InChI=1S/C15H21N5O2/c1-21-11-5-4-10-12(13(11)22-2)18-15(19-14(10)16)20-8-3-6-17-7-9-20/h4-5,17H,3,6-9H2,1-2H3,(H2,16,18,19). The van der Waals surface area contributed by atoms with Crippen molar-refractivity contribution in [1.82, 2.24) is 15.3 Å². The molecule has 7 heteroatoms. The van der Waals surface area contributed by atoms with E-state index in [1.165, 1.54) is 0 Å². The van der Waals surface area contributed by atoms with E-state index in [4.69, 9.17) is 15.2 Å². The number of hydrogen-bond donors (Lipinski definition) is 2. The summed E-state index contributed by atoms with van der Waals surface area (Å²) in [4.78, 5) is 11.3. The van der Waals surface area contributed by atoms with Crippen molar-refractivity contribution < 1.29 is 9.47 Å². The van der Waals surface area contributed by atoms with Crippen molar-refractivity contribution in [3.8, 4) is 11.5 Å². The van der Waals surface area contributed by atoms with Gasteiger partial charge in [-0.15, -0.1) is 0 Å². The lowest BCUT2D eigenvalue weighted by molar-refractivity contribution is 0.358. The first-order valence-corrected chi connectivity index (χ1v) is 7.38. The summed E-state index contributed by atoms with van der Waals surface area (Å²) in [6.45, 7) is 3.69. The summed E-state index contributed by atoms with van der Waals surface area (Å²) in [6.07, 6.45) is 1.05. The molecule has 0 radical (unpaired) electrons. The first-order valence-electron chi connectivity index (χ1n) is 7.38. The summed E-state index contributed by atoms with van der Waals surface area (Å²) in [5, 5.41) is 4.14. The molecule has 3 N–H and O–H groups in total. The lowest BCUT2D eigenvalue weighted by atomic mass is 10.2. The first kappa shape index (κ1) is 14.6. The molecule has 1 aromatic carbocycles. The van der Waals surface area contributed by atoms with Crippen LogP contribution in [-0.4, -0.2) is 50.4 Å². The van der Waals surface area contributed by atoms with Crippen LogP contribution in [0.25, 0.3) is 10.9 Å². The Morgan fingerprint density at radius 1 is 1.14 bits per heavy atom. The summed E-state index contributed by atoms with van der Waals surface area (Å²) in [7, 11) is 3.21. The molecule has 0 atom stereocenters. The highest BCUT2D eigenvalue weighted by atomic mass is 16.5. The van der Waals surface area contributed by atoms with E-state index in [1.807, 2.05) is 12.1 Å². The molecule has 0 spiro atoms. The van der Waals surface area contributed by atoms with E-state index in [2.05, 4.69) is 20.2 Å². The minimum Gasteiger partial charge on any atom is -0.493 e. The molecule has 2 heterocycles. The molecule has 0 unspecified atom stereocenters. The van der Waals surface area contributed by atoms with Crippen LogP contribution in [0.3, 0.4) is 0 Å². The maximum Gasteiger partial charge on any atom is 0.228 e. The van der Waals surface area contributed by atoms with Gasteiger partial charge < -0.3 is 25.4 Å². The molecule has 1 aliphatic rings. The minimum absolute atomic E-state index is 0.457. The molecule has 1 aromatic heterocycles. The van der Waals surface area contributed by atoms with Gasteiger partial charge in [0.15, 0.2) is 11.5 Å². The number of aromatic nitrogens is 2. The molecular weight excluding hydrogens is 282 g/mol. The number of nitrogens with zero attached hydrogens (tertiary/aromatic N) is 3. The van der Waals surface area contributed by atoms with E-state index >= 15 is 0 Å². The number of nitrogens with one attached hydrogen (secondary N) is 1. The molecule has 3 rings (SSSR count). The van der Waals surface area contributed by atoms with E-state index in [1.54, 1.807) is 14.2 Å². The van der Waals surface area contributed by atoms with Crippen LogP contribution in [0.5, 0.6) is 11.5 Å². The Hall–Kier alpha value is -2.28. The second-order valence-electron chi connectivity index (χ2n) is 5.20. The Morgan fingerprint density at radius 2 is 2.00 bits per heavy atom. The minimum atomic E-state index is 0.457. The van der Waals surface area contributed by atoms with Gasteiger partial charge in [-0.3, -0.25) is 0 Å². The third kappa shape index (κ3) is 2.59. The lowest BCUT2D eigenvalue weighted by Gasteiger charge is -2.21. The zero-order chi connectivity index (χ0) is 15.5. The van der Waals surface area contributed by atoms with Crippen molar-refractivity contribution in [3.05, 3.63) is 12.1 Å². The predicted octanol–water partition coefficient (Wildman–Crippen LogP) is 1.03.